The van der Waals surface area contributed by atoms with Crippen LogP contribution in [0.4, 0.5) is 0 Å². The SMILES string of the molecule is C=C/C1=C(\C=C)N(C(=O)CCC(=O)NCCC(C)C)Cc2ccccc2-c2c1nnn2C.CC. The third-order valence-electron chi connectivity index (χ3n) is 5.56. The molecule has 34 heavy (non-hydrogen) atoms. The van der Waals surface area contributed by atoms with Crippen molar-refractivity contribution < 1.29 is 9.59 Å². The standard InChI is InChI=1S/C25H31N5O2.C2H6/c1-6-19-21(7-2)30(23(32)13-12-22(31)26-15-14-17(3)4)16-18-10-8-9-11-20(18)25-24(19)27-28-29(25)5;1-2/h6-11,17H,1-2,12-16H2,3-5H3,(H,26,31);1-2H3/b21-19-;. The van der Waals surface area contributed by atoms with Crippen molar-refractivity contribution in [2.24, 2.45) is 13.0 Å². The van der Waals surface area contributed by atoms with Gasteiger partial charge < -0.3 is 10.2 Å². The third kappa shape index (κ3) is 6.10. The molecule has 0 saturated heterocycles. The van der Waals surface area contributed by atoms with E-state index in [0.717, 1.165) is 23.2 Å². The van der Waals surface area contributed by atoms with Crippen LogP contribution >= 0.6 is 0 Å². The molecule has 1 N–H and O–H groups in total. The molecule has 1 aromatic carbocycles. The average molecular weight is 464 g/mol. The van der Waals surface area contributed by atoms with Crippen LogP contribution in [0.15, 0.2) is 55.3 Å². The lowest BCUT2D eigenvalue weighted by Crippen LogP contribution is -2.33. The highest BCUT2D eigenvalue weighted by Gasteiger charge is 2.28. The lowest BCUT2D eigenvalue weighted by molar-refractivity contribution is -0.132. The predicted octanol–water partition coefficient (Wildman–Crippen LogP) is 4.88. The predicted molar refractivity (Wildman–Crippen MR) is 137 cm³/mol. The second-order valence-corrected chi connectivity index (χ2v) is 8.29. The number of carbonyl (C=O) groups is 2. The number of amides is 2. The number of nitrogens with zero attached hydrogens (tertiary/aromatic N) is 4. The van der Waals surface area contributed by atoms with Crippen molar-refractivity contribution in [1.82, 2.24) is 25.2 Å². The first-order valence-corrected chi connectivity index (χ1v) is 11.9. The highest BCUT2D eigenvalue weighted by Crippen LogP contribution is 2.36. The maximum absolute atomic E-state index is 13.3. The Morgan fingerprint density at radius 3 is 2.50 bits per heavy atom. The maximum atomic E-state index is 13.3. The minimum Gasteiger partial charge on any atom is -0.356 e. The fourth-order valence-corrected chi connectivity index (χ4v) is 3.84. The molecule has 3 rings (SSSR count). The molecule has 7 heteroatoms. The van der Waals surface area contributed by atoms with E-state index < -0.39 is 0 Å². The van der Waals surface area contributed by atoms with Gasteiger partial charge in [-0.15, -0.1) is 5.10 Å². The molecule has 0 aliphatic carbocycles. The Bertz CT molecular complexity index is 1060. The Kier molecular flexibility index (Phi) is 9.98. The van der Waals surface area contributed by atoms with Gasteiger partial charge >= 0.3 is 0 Å². The summed E-state index contributed by atoms with van der Waals surface area (Å²) in [5, 5.41) is 11.5. The Morgan fingerprint density at radius 1 is 1.15 bits per heavy atom. The number of carbonyl (C=O) groups excluding carboxylic acids is 2. The number of aromatic nitrogens is 3. The molecule has 2 aromatic rings. The number of hydrogen-bond donors (Lipinski definition) is 1. The number of rotatable bonds is 8. The zero-order valence-corrected chi connectivity index (χ0v) is 21.1. The van der Waals surface area contributed by atoms with E-state index in [0.29, 0.717) is 36.0 Å². The van der Waals surface area contributed by atoms with Gasteiger partial charge in [-0.2, -0.15) is 0 Å². The molecule has 1 aliphatic rings. The quantitative estimate of drug-likeness (QED) is 0.605. The van der Waals surface area contributed by atoms with Crippen LogP contribution in [-0.2, 0) is 23.2 Å². The lowest BCUT2D eigenvalue weighted by Gasteiger charge is -2.29. The molecule has 2 amide bonds. The number of aryl methyl sites for hydroxylation is 1. The van der Waals surface area contributed by atoms with Crippen LogP contribution in [0.3, 0.4) is 0 Å². The second-order valence-electron chi connectivity index (χ2n) is 8.29. The summed E-state index contributed by atoms with van der Waals surface area (Å²) < 4.78 is 1.73. The van der Waals surface area contributed by atoms with Crippen LogP contribution < -0.4 is 5.32 Å². The molecule has 2 heterocycles. The fourth-order valence-electron chi connectivity index (χ4n) is 3.84. The molecule has 0 saturated carbocycles. The van der Waals surface area contributed by atoms with E-state index in [-0.39, 0.29) is 24.7 Å². The van der Waals surface area contributed by atoms with Gasteiger partial charge in [-0.1, -0.05) is 76.4 Å². The number of allylic oxidation sites excluding steroid dienone is 3. The van der Waals surface area contributed by atoms with Crippen molar-refractivity contribution in [2.75, 3.05) is 6.54 Å². The molecule has 0 unspecified atom stereocenters. The third-order valence-corrected chi connectivity index (χ3v) is 5.56. The van der Waals surface area contributed by atoms with Crippen LogP contribution in [0, 0.1) is 5.92 Å². The fraction of sp³-hybridized carbons (Fsp3) is 0.407. The van der Waals surface area contributed by atoms with Gasteiger partial charge in [-0.3, -0.25) is 9.59 Å². The zero-order valence-electron chi connectivity index (χ0n) is 21.1. The van der Waals surface area contributed by atoms with Gasteiger partial charge in [0.25, 0.3) is 0 Å². The van der Waals surface area contributed by atoms with Crippen molar-refractivity contribution in [2.45, 2.75) is 53.5 Å². The zero-order chi connectivity index (χ0) is 25.3. The minimum absolute atomic E-state index is 0.102. The van der Waals surface area contributed by atoms with Gasteiger partial charge in [-0.25, -0.2) is 4.68 Å². The van der Waals surface area contributed by atoms with Gasteiger partial charge in [0.05, 0.1) is 17.9 Å². The molecule has 1 aliphatic heterocycles. The van der Waals surface area contributed by atoms with Crippen LogP contribution in [0.2, 0.25) is 0 Å². The smallest absolute Gasteiger partial charge is 0.227 e. The second kappa shape index (κ2) is 12.7. The summed E-state index contributed by atoms with van der Waals surface area (Å²) in [4.78, 5) is 27.2. The molecular formula is C27H37N5O2. The summed E-state index contributed by atoms with van der Waals surface area (Å²) in [6, 6.07) is 7.89. The van der Waals surface area contributed by atoms with Crippen molar-refractivity contribution in [3.8, 4) is 11.3 Å². The first kappa shape index (κ1) is 26.8. The van der Waals surface area contributed by atoms with Crippen LogP contribution in [0.5, 0.6) is 0 Å². The molecule has 0 bridgehead atoms. The highest BCUT2D eigenvalue weighted by molar-refractivity contribution is 5.91. The van der Waals surface area contributed by atoms with Gasteiger partial charge in [0.1, 0.15) is 5.69 Å². The summed E-state index contributed by atoms with van der Waals surface area (Å²) in [5.74, 6) is 0.248. The average Bonchev–Trinajstić information content (AvgIpc) is 3.20. The van der Waals surface area contributed by atoms with Crippen molar-refractivity contribution in [3.63, 3.8) is 0 Å². The van der Waals surface area contributed by atoms with E-state index in [1.54, 1.807) is 21.7 Å². The van der Waals surface area contributed by atoms with Crippen molar-refractivity contribution in [1.29, 1.82) is 0 Å². The van der Waals surface area contributed by atoms with Gasteiger partial charge in [-0.05, 0) is 24.0 Å². The summed E-state index contributed by atoms with van der Waals surface area (Å²) >= 11 is 0. The maximum Gasteiger partial charge on any atom is 0.227 e. The Morgan fingerprint density at radius 2 is 1.85 bits per heavy atom. The molecular weight excluding hydrogens is 426 g/mol. The highest BCUT2D eigenvalue weighted by atomic mass is 16.2. The van der Waals surface area contributed by atoms with Crippen LogP contribution in [-0.4, -0.2) is 38.3 Å². The summed E-state index contributed by atoms with van der Waals surface area (Å²) in [6.45, 7) is 17.1. The van der Waals surface area contributed by atoms with Gasteiger partial charge in [0, 0.05) is 37.6 Å². The molecule has 0 fully saturated rings. The Labute approximate surface area is 203 Å². The number of fused-ring (bicyclic) bond motifs is 3. The van der Waals surface area contributed by atoms with Crippen molar-refractivity contribution in [3.05, 3.63) is 66.5 Å². The normalized spacial score (nSPS) is 14.7. The van der Waals surface area contributed by atoms with E-state index >= 15 is 0 Å². The molecule has 0 radical (unpaired) electrons. The first-order chi connectivity index (χ1) is 16.4. The van der Waals surface area contributed by atoms with E-state index in [9.17, 15) is 9.59 Å². The first-order valence-electron chi connectivity index (χ1n) is 11.9. The van der Waals surface area contributed by atoms with Gasteiger partial charge in [0.2, 0.25) is 11.8 Å². The molecule has 0 spiro atoms. The summed E-state index contributed by atoms with van der Waals surface area (Å²) in [5.41, 5.74) is 4.74. The lowest BCUT2D eigenvalue weighted by atomic mass is 9.95. The Balaban J connectivity index is 0.00000199. The molecule has 1 aromatic heterocycles. The molecule has 7 nitrogen and oxygen atoms in total. The topological polar surface area (TPSA) is 80.1 Å². The van der Waals surface area contributed by atoms with E-state index in [2.05, 4.69) is 42.6 Å². The summed E-state index contributed by atoms with van der Waals surface area (Å²) in [6.07, 6.45) is 4.47. The van der Waals surface area contributed by atoms with Gasteiger partial charge in [0.15, 0.2) is 0 Å². The van der Waals surface area contributed by atoms with E-state index in [1.807, 2.05) is 45.2 Å². The van der Waals surface area contributed by atoms with Crippen molar-refractivity contribution >= 4 is 17.4 Å². The monoisotopic (exact) mass is 463 g/mol. The number of benzene rings is 1. The molecule has 182 valence electrons. The number of hydrogen-bond acceptors (Lipinski definition) is 4. The van der Waals surface area contributed by atoms with Crippen LogP contribution in [0.25, 0.3) is 16.8 Å². The minimum atomic E-state index is -0.152. The largest absolute Gasteiger partial charge is 0.356 e. The number of nitrogens with one attached hydrogen (secondary N) is 1. The van der Waals surface area contributed by atoms with Crippen LogP contribution in [0.1, 0.15) is 58.2 Å². The molecule has 0 atom stereocenters. The van der Waals surface area contributed by atoms with E-state index in [4.69, 9.17) is 0 Å². The van der Waals surface area contributed by atoms with E-state index in [1.165, 1.54) is 0 Å². The Hall–Kier alpha value is -3.48. The summed E-state index contributed by atoms with van der Waals surface area (Å²) in [7, 11) is 1.85.